The molecule has 5 heteroatoms. The number of rotatable bonds is 7. The summed E-state index contributed by atoms with van der Waals surface area (Å²) in [6.07, 6.45) is 2.97. The summed E-state index contributed by atoms with van der Waals surface area (Å²) in [7, 11) is 2.06. The Morgan fingerprint density at radius 2 is 2.25 bits per heavy atom. The predicted octanol–water partition coefficient (Wildman–Crippen LogP) is 3.24. The van der Waals surface area contributed by atoms with E-state index in [-0.39, 0.29) is 0 Å². The number of hydrogen-bond donors (Lipinski definition) is 1. The maximum atomic E-state index is 4.71. The molecule has 0 bridgehead atoms. The van der Waals surface area contributed by atoms with Crippen LogP contribution in [-0.2, 0) is 6.54 Å². The normalized spacial score (nSPS) is 12.3. The monoisotopic (exact) mass is 290 g/mol. The summed E-state index contributed by atoms with van der Waals surface area (Å²) in [4.78, 5) is 11.2. The number of nitrogens with zero attached hydrogens (tertiary/aromatic N) is 3. The molecule has 0 radical (unpaired) electrons. The van der Waals surface area contributed by atoms with Gasteiger partial charge in [0.2, 0.25) is 0 Å². The summed E-state index contributed by atoms with van der Waals surface area (Å²) in [5, 5.41) is 6.64. The molecule has 2 aromatic rings. The van der Waals surface area contributed by atoms with Crippen LogP contribution in [0.3, 0.4) is 0 Å². The Balaban J connectivity index is 1.97. The standard InChI is InChI=1S/C15H22N4S/c1-4-8-16-12(2)14-11-20-15(18-14)19(3)10-13-7-5-6-9-17-13/h5-7,9,11-12,16H,4,8,10H2,1-3H3. The second kappa shape index (κ2) is 7.36. The van der Waals surface area contributed by atoms with Crippen molar-refractivity contribution in [3.05, 3.63) is 41.2 Å². The number of thiazole rings is 1. The van der Waals surface area contributed by atoms with Crippen molar-refractivity contribution in [1.29, 1.82) is 0 Å². The van der Waals surface area contributed by atoms with Gasteiger partial charge in [-0.05, 0) is 32.0 Å². The molecular weight excluding hydrogens is 268 g/mol. The van der Waals surface area contributed by atoms with Crippen LogP contribution in [-0.4, -0.2) is 23.6 Å². The number of hydrogen-bond acceptors (Lipinski definition) is 5. The van der Waals surface area contributed by atoms with E-state index in [1.54, 1.807) is 11.3 Å². The molecule has 2 aromatic heterocycles. The van der Waals surface area contributed by atoms with Gasteiger partial charge in [0.1, 0.15) is 0 Å². The first-order valence-electron chi connectivity index (χ1n) is 7.00. The number of pyridine rings is 1. The van der Waals surface area contributed by atoms with E-state index in [9.17, 15) is 0 Å². The Morgan fingerprint density at radius 3 is 2.95 bits per heavy atom. The topological polar surface area (TPSA) is 41.0 Å². The van der Waals surface area contributed by atoms with Gasteiger partial charge in [-0.3, -0.25) is 4.98 Å². The molecule has 0 saturated carbocycles. The minimum Gasteiger partial charge on any atom is -0.345 e. The number of nitrogens with one attached hydrogen (secondary N) is 1. The minimum absolute atomic E-state index is 0.309. The molecule has 0 spiro atoms. The maximum absolute atomic E-state index is 4.71. The van der Waals surface area contributed by atoms with E-state index in [2.05, 4.69) is 41.5 Å². The predicted molar refractivity (Wildman–Crippen MR) is 85.2 cm³/mol. The largest absolute Gasteiger partial charge is 0.345 e. The Labute approximate surface area is 124 Å². The van der Waals surface area contributed by atoms with E-state index in [0.717, 1.165) is 36.0 Å². The van der Waals surface area contributed by atoms with Crippen molar-refractivity contribution in [2.45, 2.75) is 32.9 Å². The second-order valence-electron chi connectivity index (χ2n) is 4.91. The molecule has 4 nitrogen and oxygen atoms in total. The van der Waals surface area contributed by atoms with E-state index in [0.29, 0.717) is 6.04 Å². The Morgan fingerprint density at radius 1 is 1.40 bits per heavy atom. The van der Waals surface area contributed by atoms with Crippen molar-refractivity contribution in [2.24, 2.45) is 0 Å². The lowest BCUT2D eigenvalue weighted by atomic mass is 10.2. The number of anilines is 1. The first-order valence-corrected chi connectivity index (χ1v) is 7.88. The van der Waals surface area contributed by atoms with Gasteiger partial charge >= 0.3 is 0 Å². The van der Waals surface area contributed by atoms with E-state index >= 15 is 0 Å². The first-order chi connectivity index (χ1) is 9.70. The molecule has 108 valence electrons. The lowest BCUT2D eigenvalue weighted by Gasteiger charge is -2.15. The second-order valence-corrected chi connectivity index (χ2v) is 5.74. The zero-order valence-electron chi connectivity index (χ0n) is 12.3. The molecule has 0 aliphatic carbocycles. The zero-order chi connectivity index (χ0) is 14.4. The van der Waals surface area contributed by atoms with Gasteiger partial charge in [0.15, 0.2) is 5.13 Å². The molecule has 1 N–H and O–H groups in total. The molecule has 0 aromatic carbocycles. The fourth-order valence-electron chi connectivity index (χ4n) is 1.92. The highest BCUT2D eigenvalue weighted by Crippen LogP contribution is 2.24. The van der Waals surface area contributed by atoms with Gasteiger partial charge in [-0.15, -0.1) is 11.3 Å². The lowest BCUT2D eigenvalue weighted by molar-refractivity contribution is 0.560. The molecule has 1 unspecified atom stereocenters. The molecule has 1 atom stereocenters. The van der Waals surface area contributed by atoms with Gasteiger partial charge in [0.25, 0.3) is 0 Å². The highest BCUT2D eigenvalue weighted by Gasteiger charge is 2.12. The van der Waals surface area contributed by atoms with Crippen LogP contribution in [0.15, 0.2) is 29.8 Å². The summed E-state index contributed by atoms with van der Waals surface area (Å²) in [5.41, 5.74) is 2.18. The van der Waals surface area contributed by atoms with Crippen molar-refractivity contribution in [1.82, 2.24) is 15.3 Å². The van der Waals surface area contributed by atoms with Crippen molar-refractivity contribution in [3.8, 4) is 0 Å². The zero-order valence-corrected chi connectivity index (χ0v) is 13.2. The van der Waals surface area contributed by atoms with E-state index < -0.39 is 0 Å². The van der Waals surface area contributed by atoms with Crippen molar-refractivity contribution < 1.29 is 0 Å². The van der Waals surface area contributed by atoms with Gasteiger partial charge in [0.05, 0.1) is 17.9 Å². The molecule has 0 amide bonds. The Hall–Kier alpha value is -1.46. The molecular formula is C15H22N4S. The van der Waals surface area contributed by atoms with Gasteiger partial charge in [-0.25, -0.2) is 4.98 Å². The van der Waals surface area contributed by atoms with Crippen LogP contribution in [0.5, 0.6) is 0 Å². The molecule has 0 saturated heterocycles. The van der Waals surface area contributed by atoms with Crippen LogP contribution in [0, 0.1) is 0 Å². The average Bonchev–Trinajstić information content (AvgIpc) is 2.96. The quantitative estimate of drug-likeness (QED) is 0.850. The van der Waals surface area contributed by atoms with Crippen LogP contribution in [0.1, 0.15) is 37.7 Å². The molecule has 2 heterocycles. The van der Waals surface area contributed by atoms with Crippen LogP contribution in [0.25, 0.3) is 0 Å². The van der Waals surface area contributed by atoms with Crippen molar-refractivity contribution >= 4 is 16.5 Å². The molecule has 20 heavy (non-hydrogen) atoms. The fraction of sp³-hybridized carbons (Fsp3) is 0.467. The Kier molecular flexibility index (Phi) is 5.49. The van der Waals surface area contributed by atoms with Crippen molar-refractivity contribution in [2.75, 3.05) is 18.5 Å². The maximum Gasteiger partial charge on any atom is 0.185 e. The molecule has 0 aliphatic rings. The summed E-state index contributed by atoms with van der Waals surface area (Å²) < 4.78 is 0. The average molecular weight is 290 g/mol. The molecule has 2 rings (SSSR count). The number of aromatic nitrogens is 2. The third-order valence-corrected chi connectivity index (χ3v) is 4.08. The third kappa shape index (κ3) is 4.02. The van der Waals surface area contributed by atoms with Gasteiger partial charge in [0, 0.05) is 24.7 Å². The van der Waals surface area contributed by atoms with E-state index in [1.807, 2.05) is 24.4 Å². The smallest absolute Gasteiger partial charge is 0.185 e. The van der Waals surface area contributed by atoms with Gasteiger partial charge in [-0.1, -0.05) is 13.0 Å². The summed E-state index contributed by atoms with van der Waals surface area (Å²) in [5.74, 6) is 0. The fourth-order valence-corrected chi connectivity index (χ4v) is 2.80. The van der Waals surface area contributed by atoms with Crippen LogP contribution < -0.4 is 10.2 Å². The molecule has 0 fully saturated rings. The highest BCUT2D eigenvalue weighted by molar-refractivity contribution is 7.13. The minimum atomic E-state index is 0.309. The van der Waals surface area contributed by atoms with Crippen LogP contribution in [0.4, 0.5) is 5.13 Å². The van der Waals surface area contributed by atoms with E-state index in [1.165, 1.54) is 0 Å². The van der Waals surface area contributed by atoms with Gasteiger partial charge in [-0.2, -0.15) is 0 Å². The SMILES string of the molecule is CCCNC(C)c1csc(N(C)Cc2ccccn2)n1. The molecule has 0 aliphatic heterocycles. The summed E-state index contributed by atoms with van der Waals surface area (Å²) >= 11 is 1.69. The summed E-state index contributed by atoms with van der Waals surface area (Å²) in [6, 6.07) is 6.30. The summed E-state index contributed by atoms with van der Waals surface area (Å²) in [6.45, 7) is 6.14. The third-order valence-electron chi connectivity index (χ3n) is 3.11. The Bertz CT molecular complexity index is 512. The van der Waals surface area contributed by atoms with Crippen LogP contribution >= 0.6 is 11.3 Å². The van der Waals surface area contributed by atoms with Gasteiger partial charge < -0.3 is 10.2 Å². The highest BCUT2D eigenvalue weighted by atomic mass is 32.1. The van der Waals surface area contributed by atoms with E-state index in [4.69, 9.17) is 4.98 Å². The van der Waals surface area contributed by atoms with Crippen molar-refractivity contribution in [3.63, 3.8) is 0 Å². The first kappa shape index (κ1) is 14.9. The lowest BCUT2D eigenvalue weighted by Crippen LogP contribution is -2.20. The van der Waals surface area contributed by atoms with Crippen LogP contribution in [0.2, 0.25) is 0 Å².